The van der Waals surface area contributed by atoms with E-state index in [1.54, 1.807) is 23.7 Å². The van der Waals surface area contributed by atoms with E-state index in [9.17, 15) is 4.79 Å². The van der Waals surface area contributed by atoms with Crippen LogP contribution in [0.15, 0.2) is 35.4 Å². The Hall–Kier alpha value is -1.82. The van der Waals surface area contributed by atoms with Crippen molar-refractivity contribution in [2.45, 2.75) is 11.4 Å². The maximum atomic E-state index is 11.9. The van der Waals surface area contributed by atoms with Gasteiger partial charge in [-0.1, -0.05) is 12.1 Å². The molecule has 0 fully saturated rings. The van der Waals surface area contributed by atoms with E-state index in [0.29, 0.717) is 12.2 Å². The number of benzene rings is 1. The van der Waals surface area contributed by atoms with Gasteiger partial charge >= 0.3 is 0 Å². The van der Waals surface area contributed by atoms with E-state index in [4.69, 9.17) is 0 Å². The second-order valence-electron chi connectivity index (χ2n) is 3.86. The first-order valence-electron chi connectivity index (χ1n) is 5.45. The van der Waals surface area contributed by atoms with Crippen LogP contribution < -0.4 is 0 Å². The Balaban J connectivity index is 2.02. The van der Waals surface area contributed by atoms with Crippen molar-refractivity contribution in [3.63, 3.8) is 0 Å². The van der Waals surface area contributed by atoms with Gasteiger partial charge in [0.15, 0.2) is 5.69 Å². The van der Waals surface area contributed by atoms with Gasteiger partial charge in [0.2, 0.25) is 0 Å². The number of hydrogen-bond acceptors (Lipinski definition) is 4. The summed E-state index contributed by atoms with van der Waals surface area (Å²) < 4.78 is 0. The summed E-state index contributed by atoms with van der Waals surface area (Å²) >= 11 is 1.70. The van der Waals surface area contributed by atoms with E-state index in [1.807, 2.05) is 18.4 Å². The molecule has 6 heteroatoms. The summed E-state index contributed by atoms with van der Waals surface area (Å²) in [5, 5.41) is 9.84. The minimum atomic E-state index is -0.141. The van der Waals surface area contributed by atoms with Gasteiger partial charge in [0, 0.05) is 18.5 Å². The Morgan fingerprint density at radius 2 is 2.11 bits per heavy atom. The second kappa shape index (κ2) is 5.68. The van der Waals surface area contributed by atoms with Crippen molar-refractivity contribution in [2.75, 3.05) is 13.3 Å². The van der Waals surface area contributed by atoms with Crippen molar-refractivity contribution in [2.24, 2.45) is 0 Å². The third-order valence-corrected chi connectivity index (χ3v) is 3.30. The number of thioether (sulfide) groups is 1. The molecule has 0 aliphatic carbocycles. The minimum absolute atomic E-state index is 0.141. The van der Waals surface area contributed by atoms with Gasteiger partial charge in [-0.25, -0.2) is 0 Å². The molecule has 0 unspecified atom stereocenters. The van der Waals surface area contributed by atoms with Crippen LogP contribution in [-0.2, 0) is 6.54 Å². The highest BCUT2D eigenvalue weighted by atomic mass is 32.2. The largest absolute Gasteiger partial charge is 0.336 e. The molecule has 94 valence electrons. The van der Waals surface area contributed by atoms with Crippen molar-refractivity contribution >= 4 is 17.7 Å². The monoisotopic (exact) mass is 262 g/mol. The van der Waals surface area contributed by atoms with Crippen LogP contribution in [0.2, 0.25) is 0 Å². The molecule has 5 nitrogen and oxygen atoms in total. The number of carbonyl (C=O) groups is 1. The molecule has 0 saturated heterocycles. The molecule has 1 amide bonds. The Morgan fingerprint density at radius 1 is 1.39 bits per heavy atom. The highest BCUT2D eigenvalue weighted by Gasteiger charge is 2.14. The third-order valence-electron chi connectivity index (χ3n) is 2.56. The first kappa shape index (κ1) is 12.6. The van der Waals surface area contributed by atoms with Crippen LogP contribution in [0.3, 0.4) is 0 Å². The van der Waals surface area contributed by atoms with Crippen LogP contribution >= 0.6 is 11.8 Å². The molecule has 1 N–H and O–H groups in total. The molecule has 0 saturated carbocycles. The lowest BCUT2D eigenvalue weighted by Gasteiger charge is -2.15. The normalized spacial score (nSPS) is 10.3. The topological polar surface area (TPSA) is 61.9 Å². The van der Waals surface area contributed by atoms with E-state index < -0.39 is 0 Å². The molecule has 0 aliphatic heterocycles. The fraction of sp³-hybridized carbons (Fsp3) is 0.250. The molecule has 18 heavy (non-hydrogen) atoms. The van der Waals surface area contributed by atoms with E-state index in [2.05, 4.69) is 27.5 Å². The maximum absolute atomic E-state index is 11.9. The number of aromatic amines is 1. The van der Waals surface area contributed by atoms with Crippen molar-refractivity contribution in [1.82, 2.24) is 20.3 Å². The fourth-order valence-corrected chi connectivity index (χ4v) is 1.99. The van der Waals surface area contributed by atoms with Crippen LogP contribution in [0.4, 0.5) is 0 Å². The number of hydrogen-bond donors (Lipinski definition) is 1. The predicted octanol–water partition coefficient (Wildman–Crippen LogP) is 1.80. The molecule has 0 atom stereocenters. The zero-order valence-corrected chi connectivity index (χ0v) is 11.1. The molecule has 1 aromatic carbocycles. The van der Waals surface area contributed by atoms with Gasteiger partial charge in [-0.3, -0.25) is 4.79 Å². The highest BCUT2D eigenvalue weighted by Crippen LogP contribution is 2.15. The Kier molecular flexibility index (Phi) is 3.99. The SMILES string of the molecule is CSc1ccc(CN(C)C(=O)c2cn[nH]n2)cc1. The number of H-pyrrole nitrogens is 1. The van der Waals surface area contributed by atoms with Crippen molar-refractivity contribution < 1.29 is 4.79 Å². The summed E-state index contributed by atoms with van der Waals surface area (Å²) in [6.07, 6.45) is 3.46. The van der Waals surface area contributed by atoms with Crippen LogP contribution in [0.25, 0.3) is 0 Å². The Morgan fingerprint density at radius 3 is 2.67 bits per heavy atom. The number of nitrogens with one attached hydrogen (secondary N) is 1. The predicted molar refractivity (Wildman–Crippen MR) is 70.4 cm³/mol. The first-order valence-corrected chi connectivity index (χ1v) is 6.67. The maximum Gasteiger partial charge on any atom is 0.276 e. The van der Waals surface area contributed by atoms with Gasteiger partial charge in [-0.15, -0.1) is 11.8 Å². The summed E-state index contributed by atoms with van der Waals surface area (Å²) in [6.45, 7) is 0.556. The lowest BCUT2D eigenvalue weighted by atomic mass is 10.2. The van der Waals surface area contributed by atoms with Gasteiger partial charge in [0.05, 0.1) is 6.20 Å². The van der Waals surface area contributed by atoms with Gasteiger partial charge in [-0.05, 0) is 24.0 Å². The van der Waals surface area contributed by atoms with Crippen LogP contribution in [-0.4, -0.2) is 39.5 Å². The molecule has 0 spiro atoms. The van der Waals surface area contributed by atoms with Gasteiger partial charge in [-0.2, -0.15) is 15.4 Å². The fourth-order valence-electron chi connectivity index (χ4n) is 1.58. The quantitative estimate of drug-likeness (QED) is 0.853. The number of amides is 1. The van der Waals surface area contributed by atoms with Gasteiger partial charge < -0.3 is 4.90 Å². The molecular formula is C12H14N4OS. The molecule has 2 rings (SSSR count). The van der Waals surface area contributed by atoms with Gasteiger partial charge in [0.1, 0.15) is 0 Å². The molecule has 0 bridgehead atoms. The van der Waals surface area contributed by atoms with Gasteiger partial charge in [0.25, 0.3) is 5.91 Å². The van der Waals surface area contributed by atoms with E-state index in [0.717, 1.165) is 5.56 Å². The second-order valence-corrected chi connectivity index (χ2v) is 4.74. The van der Waals surface area contributed by atoms with E-state index >= 15 is 0 Å². The van der Waals surface area contributed by atoms with Crippen molar-refractivity contribution in [1.29, 1.82) is 0 Å². The average Bonchev–Trinajstić information content (AvgIpc) is 2.92. The average molecular weight is 262 g/mol. The summed E-state index contributed by atoms with van der Waals surface area (Å²) in [4.78, 5) is 14.8. The molecular weight excluding hydrogens is 248 g/mol. The molecule has 1 heterocycles. The number of carbonyl (C=O) groups excluding carboxylic acids is 1. The summed E-state index contributed by atoms with van der Waals surface area (Å²) in [7, 11) is 1.75. The smallest absolute Gasteiger partial charge is 0.276 e. The zero-order chi connectivity index (χ0) is 13.0. The summed E-state index contributed by atoms with van der Waals surface area (Å²) in [5.74, 6) is -0.141. The Labute approximate surface area is 110 Å². The van der Waals surface area contributed by atoms with Crippen LogP contribution in [0, 0.1) is 0 Å². The van der Waals surface area contributed by atoms with Crippen molar-refractivity contribution in [3.05, 3.63) is 41.7 Å². The highest BCUT2D eigenvalue weighted by molar-refractivity contribution is 7.98. The Bertz CT molecular complexity index is 509. The molecule has 2 aromatic rings. The van der Waals surface area contributed by atoms with Crippen LogP contribution in [0.5, 0.6) is 0 Å². The number of aromatic nitrogens is 3. The number of nitrogens with zero attached hydrogens (tertiary/aromatic N) is 3. The lowest BCUT2D eigenvalue weighted by Crippen LogP contribution is -2.26. The van der Waals surface area contributed by atoms with E-state index in [1.165, 1.54) is 11.1 Å². The molecule has 0 aliphatic rings. The lowest BCUT2D eigenvalue weighted by molar-refractivity contribution is 0.0779. The van der Waals surface area contributed by atoms with Crippen molar-refractivity contribution in [3.8, 4) is 0 Å². The molecule has 0 radical (unpaired) electrons. The minimum Gasteiger partial charge on any atom is -0.336 e. The standard InChI is InChI=1S/C12H14N4OS/c1-16(12(17)11-7-13-15-14-11)8-9-3-5-10(18-2)6-4-9/h3-7H,8H2,1-2H3,(H,13,14,15). The first-order chi connectivity index (χ1) is 8.70. The third kappa shape index (κ3) is 2.89. The van der Waals surface area contributed by atoms with E-state index in [-0.39, 0.29) is 5.91 Å². The van der Waals surface area contributed by atoms with Crippen LogP contribution in [0.1, 0.15) is 16.1 Å². The summed E-state index contributed by atoms with van der Waals surface area (Å²) in [5.41, 5.74) is 1.42. The summed E-state index contributed by atoms with van der Waals surface area (Å²) in [6, 6.07) is 8.15. The molecule has 1 aromatic heterocycles. The zero-order valence-electron chi connectivity index (χ0n) is 10.3. The number of rotatable bonds is 4.